The van der Waals surface area contributed by atoms with E-state index in [1.165, 1.54) is 0 Å². The number of likely N-dealkylation sites (tertiary alicyclic amines) is 1. The number of aromatic amines is 1. The van der Waals surface area contributed by atoms with Gasteiger partial charge in [-0.15, -0.1) is 0 Å². The second-order valence-corrected chi connectivity index (χ2v) is 6.92. The highest BCUT2D eigenvalue weighted by Gasteiger charge is 2.30. The lowest BCUT2D eigenvalue weighted by Crippen LogP contribution is -2.43. The van der Waals surface area contributed by atoms with Crippen LogP contribution in [-0.2, 0) is 16.1 Å². The van der Waals surface area contributed by atoms with Gasteiger partial charge in [-0.2, -0.15) is 5.10 Å². The molecule has 0 saturated carbocycles. The molecule has 9 nitrogen and oxygen atoms in total. The lowest BCUT2D eigenvalue weighted by Gasteiger charge is -2.31. The van der Waals surface area contributed by atoms with Crippen LogP contribution >= 0.6 is 0 Å². The van der Waals surface area contributed by atoms with E-state index in [0.29, 0.717) is 48.3 Å². The summed E-state index contributed by atoms with van der Waals surface area (Å²) >= 11 is 0. The summed E-state index contributed by atoms with van der Waals surface area (Å²) < 4.78 is 21.4. The largest absolute Gasteiger partial charge is 0.487 e. The molecule has 1 aromatic heterocycles. The van der Waals surface area contributed by atoms with E-state index in [9.17, 15) is 9.59 Å². The Morgan fingerprint density at radius 2 is 2.14 bits per heavy atom. The maximum Gasteiger partial charge on any atom is 0.310 e. The van der Waals surface area contributed by atoms with E-state index in [2.05, 4.69) is 10.2 Å². The topological polar surface area (TPSA) is 103 Å². The number of carbonyl (C=O) groups excluding carboxylic acids is 2. The Bertz CT molecular complexity index is 896. The minimum absolute atomic E-state index is 0.204. The number of amides is 1. The van der Waals surface area contributed by atoms with Gasteiger partial charge < -0.3 is 23.8 Å². The summed E-state index contributed by atoms with van der Waals surface area (Å²) in [6.45, 7) is 3.51. The van der Waals surface area contributed by atoms with Crippen LogP contribution in [0.2, 0.25) is 0 Å². The minimum Gasteiger partial charge on any atom is -0.487 e. The van der Waals surface area contributed by atoms with Crippen LogP contribution in [0.25, 0.3) is 0 Å². The summed E-state index contributed by atoms with van der Waals surface area (Å²) in [4.78, 5) is 26.4. The van der Waals surface area contributed by atoms with E-state index in [4.69, 9.17) is 18.9 Å². The fourth-order valence-electron chi connectivity index (χ4n) is 3.45. The van der Waals surface area contributed by atoms with Crippen molar-refractivity contribution < 1.29 is 28.5 Å². The summed E-state index contributed by atoms with van der Waals surface area (Å²) in [7, 11) is 0. The van der Waals surface area contributed by atoms with Gasteiger partial charge in [0.25, 0.3) is 5.91 Å². The van der Waals surface area contributed by atoms with Crippen molar-refractivity contribution >= 4 is 11.9 Å². The summed E-state index contributed by atoms with van der Waals surface area (Å²) in [6.07, 6.45) is 1.50. The Hall–Kier alpha value is -3.23. The average Bonchev–Trinajstić information content (AvgIpc) is 3.41. The second-order valence-electron chi connectivity index (χ2n) is 6.92. The summed E-state index contributed by atoms with van der Waals surface area (Å²) in [6, 6.07) is 7.01. The molecule has 1 fully saturated rings. The van der Waals surface area contributed by atoms with Gasteiger partial charge in [0.2, 0.25) is 6.79 Å². The molecule has 1 amide bonds. The van der Waals surface area contributed by atoms with Crippen LogP contribution in [0.15, 0.2) is 24.3 Å². The quantitative estimate of drug-likeness (QED) is 0.740. The average molecular weight is 401 g/mol. The van der Waals surface area contributed by atoms with Crippen molar-refractivity contribution in [3.05, 3.63) is 35.7 Å². The molecule has 1 N–H and O–H groups in total. The molecule has 0 bridgehead atoms. The monoisotopic (exact) mass is 401 g/mol. The van der Waals surface area contributed by atoms with Gasteiger partial charge in [0, 0.05) is 19.2 Å². The van der Waals surface area contributed by atoms with Crippen LogP contribution < -0.4 is 14.2 Å². The van der Waals surface area contributed by atoms with Gasteiger partial charge in [0.15, 0.2) is 17.2 Å². The normalized spacial score (nSPS) is 17.8. The van der Waals surface area contributed by atoms with Crippen molar-refractivity contribution in [1.82, 2.24) is 15.1 Å². The molecule has 0 aliphatic carbocycles. The van der Waals surface area contributed by atoms with Gasteiger partial charge in [0.1, 0.15) is 12.4 Å². The van der Waals surface area contributed by atoms with E-state index < -0.39 is 0 Å². The van der Waals surface area contributed by atoms with Crippen LogP contribution in [0.3, 0.4) is 0 Å². The molecule has 29 heavy (non-hydrogen) atoms. The van der Waals surface area contributed by atoms with Crippen molar-refractivity contribution in [1.29, 1.82) is 0 Å². The van der Waals surface area contributed by atoms with Crippen molar-refractivity contribution in [2.75, 3.05) is 26.5 Å². The van der Waals surface area contributed by atoms with E-state index >= 15 is 0 Å². The number of hydrogen-bond acceptors (Lipinski definition) is 7. The first-order chi connectivity index (χ1) is 14.1. The van der Waals surface area contributed by atoms with E-state index in [1.54, 1.807) is 36.1 Å². The van der Waals surface area contributed by atoms with Crippen molar-refractivity contribution in [2.24, 2.45) is 5.92 Å². The van der Waals surface area contributed by atoms with Crippen molar-refractivity contribution in [2.45, 2.75) is 26.4 Å². The minimum atomic E-state index is -0.277. The number of esters is 1. The number of nitrogens with zero attached hydrogens (tertiary/aromatic N) is 2. The number of aromatic nitrogens is 2. The number of benzene rings is 1. The molecule has 4 rings (SSSR count). The first kappa shape index (κ1) is 19.1. The maximum atomic E-state index is 12.8. The number of ether oxygens (including phenoxy) is 4. The van der Waals surface area contributed by atoms with Crippen LogP contribution in [0.5, 0.6) is 17.2 Å². The molecule has 9 heteroatoms. The standard InChI is InChI=1S/C20H23N3O6/c1-2-26-20(25)13-4-3-7-23(10-13)19(24)16-8-14(21-22-16)11-27-15-5-6-17-18(9-15)29-12-28-17/h5-6,8-9,13H,2-4,7,10-12H2,1H3,(H,21,22). The highest BCUT2D eigenvalue weighted by molar-refractivity contribution is 5.92. The number of nitrogens with one attached hydrogen (secondary N) is 1. The number of rotatable bonds is 6. The van der Waals surface area contributed by atoms with Gasteiger partial charge in [-0.3, -0.25) is 14.7 Å². The van der Waals surface area contributed by atoms with Crippen LogP contribution in [0, 0.1) is 5.92 Å². The molecule has 1 atom stereocenters. The molecule has 154 valence electrons. The molecule has 2 aliphatic rings. The molecule has 1 unspecified atom stereocenters. The van der Waals surface area contributed by atoms with Gasteiger partial charge in [0.05, 0.1) is 18.2 Å². The first-order valence-corrected chi connectivity index (χ1v) is 9.66. The lowest BCUT2D eigenvalue weighted by atomic mass is 9.98. The fraction of sp³-hybridized carbons (Fsp3) is 0.450. The summed E-state index contributed by atoms with van der Waals surface area (Å²) in [5.41, 5.74) is 0.976. The third-order valence-corrected chi connectivity index (χ3v) is 4.92. The van der Waals surface area contributed by atoms with Crippen LogP contribution in [0.1, 0.15) is 35.9 Å². The lowest BCUT2D eigenvalue weighted by molar-refractivity contribution is -0.149. The van der Waals surface area contributed by atoms with Crippen LogP contribution in [-0.4, -0.2) is 53.5 Å². The molecule has 2 aromatic rings. The van der Waals surface area contributed by atoms with E-state index in [0.717, 1.165) is 12.8 Å². The smallest absolute Gasteiger partial charge is 0.310 e. The van der Waals surface area contributed by atoms with Crippen molar-refractivity contribution in [3.63, 3.8) is 0 Å². The maximum absolute atomic E-state index is 12.8. The Morgan fingerprint density at radius 3 is 3.00 bits per heavy atom. The molecule has 0 radical (unpaired) electrons. The number of hydrogen-bond donors (Lipinski definition) is 1. The summed E-state index contributed by atoms with van der Waals surface area (Å²) in [5.74, 6) is 1.23. The molecule has 0 spiro atoms. The molecule has 2 aliphatic heterocycles. The molecule has 1 aromatic carbocycles. The second kappa shape index (κ2) is 8.42. The Morgan fingerprint density at radius 1 is 1.28 bits per heavy atom. The summed E-state index contributed by atoms with van der Waals surface area (Å²) in [5, 5.41) is 6.94. The van der Waals surface area contributed by atoms with Gasteiger partial charge in [-0.05, 0) is 38.0 Å². The molecular weight excluding hydrogens is 378 g/mol. The van der Waals surface area contributed by atoms with Crippen LogP contribution in [0.4, 0.5) is 0 Å². The molecule has 1 saturated heterocycles. The molecule has 3 heterocycles. The van der Waals surface area contributed by atoms with Gasteiger partial charge in [-0.25, -0.2) is 0 Å². The zero-order chi connectivity index (χ0) is 20.2. The van der Waals surface area contributed by atoms with Gasteiger partial charge >= 0.3 is 5.97 Å². The predicted octanol–water partition coefficient (Wildman–Crippen LogP) is 2.13. The van der Waals surface area contributed by atoms with Crippen molar-refractivity contribution in [3.8, 4) is 17.2 Å². The third kappa shape index (κ3) is 4.28. The zero-order valence-electron chi connectivity index (χ0n) is 16.2. The third-order valence-electron chi connectivity index (χ3n) is 4.92. The Kier molecular flexibility index (Phi) is 5.55. The number of H-pyrrole nitrogens is 1. The molecular formula is C20H23N3O6. The number of carbonyl (C=O) groups is 2. The predicted molar refractivity (Wildman–Crippen MR) is 101 cm³/mol. The fourth-order valence-corrected chi connectivity index (χ4v) is 3.45. The Balaban J connectivity index is 1.34. The highest BCUT2D eigenvalue weighted by atomic mass is 16.7. The number of piperidine rings is 1. The Labute approximate surface area is 167 Å². The zero-order valence-corrected chi connectivity index (χ0v) is 16.2. The number of fused-ring (bicyclic) bond motifs is 1. The SMILES string of the molecule is CCOC(=O)C1CCCN(C(=O)c2cc(COc3ccc4c(c3)OCO4)[nH]n2)C1. The highest BCUT2D eigenvalue weighted by Crippen LogP contribution is 2.35. The van der Waals surface area contributed by atoms with Gasteiger partial charge in [-0.1, -0.05) is 0 Å². The first-order valence-electron chi connectivity index (χ1n) is 9.66. The van der Waals surface area contributed by atoms with E-state index in [1.807, 2.05) is 0 Å². The van der Waals surface area contributed by atoms with E-state index in [-0.39, 0.29) is 31.2 Å².